The van der Waals surface area contributed by atoms with Gasteiger partial charge in [-0.3, -0.25) is 9.59 Å². The van der Waals surface area contributed by atoms with Gasteiger partial charge in [0.05, 0.1) is 5.71 Å². The van der Waals surface area contributed by atoms with E-state index in [1.165, 1.54) is 6.92 Å². The van der Waals surface area contributed by atoms with Crippen LogP contribution >= 0.6 is 0 Å². The molecule has 1 N–H and O–H groups in total. The van der Waals surface area contributed by atoms with E-state index < -0.39 is 5.60 Å². The highest BCUT2D eigenvalue weighted by Crippen LogP contribution is 2.28. The third-order valence-corrected chi connectivity index (χ3v) is 3.99. The molecule has 6 heteroatoms. The second kappa shape index (κ2) is 5.81. The molecule has 0 aromatic heterocycles. The Morgan fingerprint density at radius 2 is 2.10 bits per heavy atom. The molecule has 0 radical (unpaired) electrons. The fourth-order valence-corrected chi connectivity index (χ4v) is 2.81. The Balaban J connectivity index is 1.82. The molecule has 1 fully saturated rings. The fourth-order valence-electron chi connectivity index (χ4n) is 2.81. The Bertz CT molecular complexity index is 427. The van der Waals surface area contributed by atoms with Gasteiger partial charge in [0.15, 0.2) is 0 Å². The van der Waals surface area contributed by atoms with Crippen molar-refractivity contribution in [2.24, 2.45) is 11.1 Å². The molecule has 2 rings (SSSR count). The maximum absolute atomic E-state index is 12.5. The number of hydrogen-bond donors (Lipinski definition) is 1. The number of nitrogens with zero attached hydrogens (tertiary/aromatic N) is 2. The van der Waals surface area contributed by atoms with E-state index in [0.717, 1.165) is 31.6 Å². The predicted octanol–water partition coefficient (Wildman–Crippen LogP) is 0.916. The molecule has 6 nitrogen and oxygen atoms in total. The standard InChI is InChI=1S/C14H23N3O3/c1-10-8-14(3,20-16-10)13(19)17-6-4-12(5-7-17)9-15-11(2)18/h12H,4-9H2,1-3H3,(H,15,18). The van der Waals surface area contributed by atoms with Crippen molar-refractivity contribution in [3.8, 4) is 0 Å². The molecule has 0 aliphatic carbocycles. The summed E-state index contributed by atoms with van der Waals surface area (Å²) in [7, 11) is 0. The number of carbonyl (C=O) groups excluding carboxylic acids is 2. The van der Waals surface area contributed by atoms with Crippen LogP contribution in [0.2, 0.25) is 0 Å². The van der Waals surface area contributed by atoms with Gasteiger partial charge in [-0.05, 0) is 32.6 Å². The number of oxime groups is 1. The molecule has 112 valence electrons. The van der Waals surface area contributed by atoms with Crippen LogP contribution in [0.5, 0.6) is 0 Å². The van der Waals surface area contributed by atoms with Crippen molar-refractivity contribution in [1.29, 1.82) is 0 Å². The highest BCUT2D eigenvalue weighted by molar-refractivity contribution is 5.94. The minimum absolute atomic E-state index is 0.00277. The summed E-state index contributed by atoms with van der Waals surface area (Å²) in [5, 5.41) is 6.73. The Morgan fingerprint density at radius 1 is 1.45 bits per heavy atom. The Labute approximate surface area is 119 Å². The smallest absolute Gasteiger partial charge is 0.269 e. The van der Waals surface area contributed by atoms with Crippen molar-refractivity contribution in [1.82, 2.24) is 10.2 Å². The second-order valence-electron chi connectivity index (χ2n) is 6.00. The zero-order valence-electron chi connectivity index (χ0n) is 12.4. The van der Waals surface area contributed by atoms with E-state index in [9.17, 15) is 9.59 Å². The number of nitrogens with one attached hydrogen (secondary N) is 1. The van der Waals surface area contributed by atoms with Gasteiger partial charge in [-0.25, -0.2) is 0 Å². The molecule has 1 saturated heterocycles. The lowest BCUT2D eigenvalue weighted by atomic mass is 9.93. The Morgan fingerprint density at radius 3 is 2.60 bits per heavy atom. The Hall–Kier alpha value is -1.59. The molecule has 0 aromatic rings. The van der Waals surface area contributed by atoms with Gasteiger partial charge in [0.25, 0.3) is 5.91 Å². The lowest BCUT2D eigenvalue weighted by Crippen LogP contribution is -2.50. The summed E-state index contributed by atoms with van der Waals surface area (Å²) in [6.45, 7) is 7.35. The summed E-state index contributed by atoms with van der Waals surface area (Å²) in [4.78, 5) is 30.6. The van der Waals surface area contributed by atoms with Gasteiger partial charge in [0.1, 0.15) is 0 Å². The molecule has 20 heavy (non-hydrogen) atoms. The molecule has 0 saturated carbocycles. The largest absolute Gasteiger partial charge is 0.379 e. The van der Waals surface area contributed by atoms with Crippen LogP contribution in [0.3, 0.4) is 0 Å². The fraction of sp³-hybridized carbons (Fsp3) is 0.786. The summed E-state index contributed by atoms with van der Waals surface area (Å²) < 4.78 is 0. The van der Waals surface area contributed by atoms with Crippen molar-refractivity contribution < 1.29 is 14.4 Å². The van der Waals surface area contributed by atoms with Crippen molar-refractivity contribution in [3.05, 3.63) is 0 Å². The van der Waals surface area contributed by atoms with Gasteiger partial charge >= 0.3 is 0 Å². The molecule has 2 aliphatic rings. The van der Waals surface area contributed by atoms with Crippen LogP contribution in [-0.4, -0.2) is 47.7 Å². The molecule has 1 unspecified atom stereocenters. The maximum Gasteiger partial charge on any atom is 0.269 e. The summed E-state index contributed by atoms with van der Waals surface area (Å²) >= 11 is 0. The first kappa shape index (κ1) is 14.8. The third kappa shape index (κ3) is 3.29. The second-order valence-corrected chi connectivity index (χ2v) is 6.00. The quantitative estimate of drug-likeness (QED) is 0.836. The average molecular weight is 281 g/mol. The van der Waals surface area contributed by atoms with Crippen LogP contribution in [0.4, 0.5) is 0 Å². The van der Waals surface area contributed by atoms with E-state index in [4.69, 9.17) is 4.84 Å². The van der Waals surface area contributed by atoms with Crippen molar-refractivity contribution in [2.75, 3.05) is 19.6 Å². The Kier molecular flexibility index (Phi) is 4.30. The minimum atomic E-state index is -0.825. The predicted molar refractivity (Wildman–Crippen MR) is 75.2 cm³/mol. The van der Waals surface area contributed by atoms with Crippen molar-refractivity contribution >= 4 is 17.5 Å². The van der Waals surface area contributed by atoms with Crippen LogP contribution in [0.25, 0.3) is 0 Å². The first-order valence-electron chi connectivity index (χ1n) is 7.16. The molecule has 2 amide bonds. The van der Waals surface area contributed by atoms with Gasteiger partial charge in [0.2, 0.25) is 11.5 Å². The van der Waals surface area contributed by atoms with Gasteiger partial charge in [-0.1, -0.05) is 5.16 Å². The molecule has 0 bridgehead atoms. The minimum Gasteiger partial charge on any atom is -0.379 e. The number of carbonyl (C=O) groups is 2. The first-order chi connectivity index (χ1) is 9.40. The molecular formula is C14H23N3O3. The molecule has 2 heterocycles. The lowest BCUT2D eigenvalue weighted by molar-refractivity contribution is -0.154. The van der Waals surface area contributed by atoms with E-state index in [0.29, 0.717) is 18.9 Å². The van der Waals surface area contributed by atoms with E-state index in [-0.39, 0.29) is 11.8 Å². The monoisotopic (exact) mass is 281 g/mol. The summed E-state index contributed by atoms with van der Waals surface area (Å²) in [5.41, 5.74) is 0.0376. The maximum atomic E-state index is 12.5. The van der Waals surface area contributed by atoms with E-state index >= 15 is 0 Å². The molecule has 2 aliphatic heterocycles. The van der Waals surface area contributed by atoms with Crippen LogP contribution in [0.1, 0.15) is 40.0 Å². The van der Waals surface area contributed by atoms with Gasteiger partial charge in [-0.2, -0.15) is 0 Å². The van der Waals surface area contributed by atoms with Gasteiger partial charge < -0.3 is 15.1 Å². The lowest BCUT2D eigenvalue weighted by Gasteiger charge is -2.35. The number of amides is 2. The normalized spacial score (nSPS) is 26.9. The molecular weight excluding hydrogens is 258 g/mol. The number of hydrogen-bond acceptors (Lipinski definition) is 4. The van der Waals surface area contributed by atoms with Crippen molar-refractivity contribution in [2.45, 2.75) is 45.6 Å². The van der Waals surface area contributed by atoms with E-state index in [1.54, 1.807) is 6.92 Å². The van der Waals surface area contributed by atoms with Crippen LogP contribution in [0, 0.1) is 5.92 Å². The summed E-state index contributed by atoms with van der Waals surface area (Å²) in [6.07, 6.45) is 2.40. The van der Waals surface area contributed by atoms with Gasteiger partial charge in [0, 0.05) is 33.0 Å². The highest BCUT2D eigenvalue weighted by atomic mass is 16.7. The zero-order valence-corrected chi connectivity index (χ0v) is 12.4. The van der Waals surface area contributed by atoms with Crippen molar-refractivity contribution in [3.63, 3.8) is 0 Å². The highest BCUT2D eigenvalue weighted by Gasteiger charge is 2.43. The zero-order chi connectivity index (χ0) is 14.8. The summed E-state index contributed by atoms with van der Waals surface area (Å²) in [6, 6.07) is 0. The molecule has 1 atom stereocenters. The van der Waals surface area contributed by atoms with Crippen LogP contribution in [-0.2, 0) is 14.4 Å². The molecule has 0 spiro atoms. The van der Waals surface area contributed by atoms with E-state index in [2.05, 4.69) is 10.5 Å². The first-order valence-corrected chi connectivity index (χ1v) is 7.16. The molecule has 0 aromatic carbocycles. The third-order valence-electron chi connectivity index (χ3n) is 3.99. The van der Waals surface area contributed by atoms with E-state index in [1.807, 2.05) is 11.8 Å². The number of likely N-dealkylation sites (tertiary alicyclic amines) is 1. The van der Waals surface area contributed by atoms with Crippen LogP contribution < -0.4 is 5.32 Å². The SMILES string of the molecule is CC(=O)NCC1CCN(C(=O)C2(C)CC(C)=NO2)CC1. The topological polar surface area (TPSA) is 71.0 Å². The number of rotatable bonds is 3. The average Bonchev–Trinajstić information content (AvgIpc) is 2.77. The number of piperidine rings is 1. The van der Waals surface area contributed by atoms with Crippen LogP contribution in [0.15, 0.2) is 5.16 Å². The van der Waals surface area contributed by atoms with Gasteiger partial charge in [-0.15, -0.1) is 0 Å². The summed E-state index contributed by atoms with van der Waals surface area (Å²) in [5.74, 6) is 0.484.